The Morgan fingerprint density at radius 3 is 3.04 bits per heavy atom. The van der Waals surface area contributed by atoms with Gasteiger partial charge in [-0.05, 0) is 42.7 Å². The number of anilines is 1. The molecule has 3 aromatic rings. The quantitative estimate of drug-likeness (QED) is 0.660. The number of piperidine rings is 1. The van der Waals surface area contributed by atoms with Gasteiger partial charge in [0.2, 0.25) is 0 Å². The van der Waals surface area contributed by atoms with Crippen molar-refractivity contribution in [3.63, 3.8) is 0 Å². The Hall–Kier alpha value is -2.02. The molecule has 7 heteroatoms. The van der Waals surface area contributed by atoms with Gasteiger partial charge >= 0.3 is 0 Å². The number of nitrogens with zero attached hydrogens (tertiary/aromatic N) is 2. The van der Waals surface area contributed by atoms with E-state index < -0.39 is 0 Å². The fourth-order valence-electron chi connectivity index (χ4n) is 3.46. The van der Waals surface area contributed by atoms with Crippen molar-refractivity contribution in [1.82, 2.24) is 10.3 Å². The molecule has 1 fully saturated rings. The Balaban J connectivity index is 1.42. The van der Waals surface area contributed by atoms with E-state index in [-0.39, 0.29) is 5.75 Å². The topological polar surface area (TPSA) is 57.6 Å². The van der Waals surface area contributed by atoms with Gasteiger partial charge in [0, 0.05) is 25.7 Å². The van der Waals surface area contributed by atoms with Crippen LogP contribution in [0.25, 0.3) is 10.2 Å². The Morgan fingerprint density at radius 1 is 1.37 bits per heavy atom. The van der Waals surface area contributed by atoms with Crippen LogP contribution in [0.15, 0.2) is 36.4 Å². The van der Waals surface area contributed by atoms with Gasteiger partial charge < -0.3 is 20.1 Å². The molecule has 2 N–H and O–H groups in total. The minimum Gasteiger partial charge on any atom is -0.503 e. The first kappa shape index (κ1) is 18.3. The highest BCUT2D eigenvalue weighted by molar-refractivity contribution is 7.22. The summed E-state index contributed by atoms with van der Waals surface area (Å²) < 4.78 is 6.41. The van der Waals surface area contributed by atoms with Crippen molar-refractivity contribution < 1.29 is 9.84 Å². The van der Waals surface area contributed by atoms with E-state index in [1.165, 1.54) is 11.8 Å². The summed E-state index contributed by atoms with van der Waals surface area (Å²) in [7, 11) is 1.53. The van der Waals surface area contributed by atoms with Gasteiger partial charge in [-0.3, -0.25) is 0 Å². The number of para-hydroxylation sites is 1. The molecule has 5 nitrogen and oxygen atoms in total. The fraction of sp³-hybridized carbons (Fsp3) is 0.350. The third kappa shape index (κ3) is 3.98. The second-order valence-corrected chi connectivity index (χ2v) is 8.18. The van der Waals surface area contributed by atoms with E-state index in [1.807, 2.05) is 12.1 Å². The fourth-order valence-corrected chi connectivity index (χ4v) is 4.69. The molecule has 1 atom stereocenters. The zero-order valence-corrected chi connectivity index (χ0v) is 16.7. The number of rotatable bonds is 5. The van der Waals surface area contributed by atoms with E-state index in [9.17, 15) is 5.11 Å². The van der Waals surface area contributed by atoms with Gasteiger partial charge in [-0.25, -0.2) is 4.98 Å². The number of thiazole rings is 1. The number of methoxy groups -OCH3 is 1. The molecular weight excluding hydrogens is 382 g/mol. The largest absolute Gasteiger partial charge is 0.503 e. The van der Waals surface area contributed by atoms with Crippen molar-refractivity contribution in [3.8, 4) is 11.5 Å². The maximum absolute atomic E-state index is 9.87. The molecule has 2 aromatic carbocycles. The Bertz CT molecular complexity index is 913. The highest BCUT2D eigenvalue weighted by atomic mass is 35.5. The van der Waals surface area contributed by atoms with Crippen molar-refractivity contribution >= 4 is 38.3 Å². The maximum atomic E-state index is 9.87. The van der Waals surface area contributed by atoms with Crippen LogP contribution >= 0.6 is 22.9 Å². The average Bonchev–Trinajstić information content (AvgIpc) is 3.13. The van der Waals surface area contributed by atoms with Crippen LogP contribution in [-0.4, -0.2) is 36.3 Å². The van der Waals surface area contributed by atoms with Crippen LogP contribution in [-0.2, 0) is 6.54 Å². The Morgan fingerprint density at radius 2 is 2.22 bits per heavy atom. The summed E-state index contributed by atoms with van der Waals surface area (Å²) in [5, 5.41) is 14.9. The van der Waals surface area contributed by atoms with Gasteiger partial charge in [0.05, 0.1) is 22.3 Å². The molecule has 0 aliphatic carbocycles. The second-order valence-electron chi connectivity index (χ2n) is 6.76. The van der Waals surface area contributed by atoms with E-state index in [1.54, 1.807) is 17.4 Å². The molecule has 2 heterocycles. The first-order chi connectivity index (χ1) is 13.1. The number of nitrogens with one attached hydrogen (secondary N) is 1. The number of fused-ring (bicyclic) bond motifs is 1. The van der Waals surface area contributed by atoms with E-state index in [2.05, 4.69) is 28.4 Å². The molecule has 1 aromatic heterocycles. The second kappa shape index (κ2) is 7.92. The molecule has 1 aliphatic heterocycles. The van der Waals surface area contributed by atoms with Crippen LogP contribution in [0.3, 0.4) is 0 Å². The van der Waals surface area contributed by atoms with Gasteiger partial charge in [-0.2, -0.15) is 0 Å². The summed E-state index contributed by atoms with van der Waals surface area (Å²) in [6, 6.07) is 12.3. The van der Waals surface area contributed by atoms with Gasteiger partial charge in [-0.1, -0.05) is 35.1 Å². The molecule has 142 valence electrons. The van der Waals surface area contributed by atoms with Crippen molar-refractivity contribution in [2.45, 2.75) is 25.4 Å². The van der Waals surface area contributed by atoms with E-state index in [0.29, 0.717) is 23.4 Å². The first-order valence-corrected chi connectivity index (χ1v) is 10.2. The normalized spacial score (nSPS) is 17.4. The monoisotopic (exact) mass is 403 g/mol. The summed E-state index contributed by atoms with van der Waals surface area (Å²) in [5.41, 5.74) is 2.06. The average molecular weight is 404 g/mol. The van der Waals surface area contributed by atoms with Crippen molar-refractivity contribution in [1.29, 1.82) is 0 Å². The van der Waals surface area contributed by atoms with Crippen molar-refractivity contribution in [3.05, 3.63) is 47.0 Å². The first-order valence-electron chi connectivity index (χ1n) is 9.03. The van der Waals surface area contributed by atoms with Crippen LogP contribution in [0.4, 0.5) is 5.13 Å². The van der Waals surface area contributed by atoms with Crippen LogP contribution in [0.1, 0.15) is 18.4 Å². The van der Waals surface area contributed by atoms with Gasteiger partial charge in [-0.15, -0.1) is 0 Å². The highest BCUT2D eigenvalue weighted by Crippen LogP contribution is 2.35. The molecule has 4 rings (SSSR count). The number of aromatic nitrogens is 1. The van der Waals surface area contributed by atoms with Crippen LogP contribution < -0.4 is 15.0 Å². The minimum absolute atomic E-state index is 0.0115. The molecule has 1 saturated heterocycles. The molecule has 1 aliphatic rings. The number of halogens is 1. The number of aromatic hydroxyl groups is 1. The highest BCUT2D eigenvalue weighted by Gasteiger charge is 2.22. The predicted molar refractivity (Wildman–Crippen MR) is 111 cm³/mol. The lowest BCUT2D eigenvalue weighted by Crippen LogP contribution is -2.45. The summed E-state index contributed by atoms with van der Waals surface area (Å²) in [4.78, 5) is 7.16. The lowest BCUT2D eigenvalue weighted by molar-refractivity contribution is 0.372. The van der Waals surface area contributed by atoms with Crippen molar-refractivity contribution in [2.24, 2.45) is 0 Å². The number of phenols is 1. The van der Waals surface area contributed by atoms with Crippen LogP contribution in [0.5, 0.6) is 11.5 Å². The lowest BCUT2D eigenvalue weighted by atomic mass is 10.1. The molecular formula is C20H22ClN3O2S. The van der Waals surface area contributed by atoms with Crippen LogP contribution in [0, 0.1) is 0 Å². The molecule has 0 spiro atoms. The molecule has 0 radical (unpaired) electrons. The molecule has 0 unspecified atom stereocenters. The molecule has 27 heavy (non-hydrogen) atoms. The maximum Gasteiger partial charge on any atom is 0.186 e. The third-order valence-corrected chi connectivity index (χ3v) is 6.26. The molecule has 0 saturated carbocycles. The SMILES string of the molecule is COc1cc(CN[C@H]2CCCN(c3nc4ccccc4s3)C2)cc(Cl)c1O. The summed E-state index contributed by atoms with van der Waals surface area (Å²) in [6.07, 6.45) is 2.26. The number of benzene rings is 2. The Labute approximate surface area is 167 Å². The minimum atomic E-state index is -0.0115. The number of ether oxygens (including phenoxy) is 1. The predicted octanol–water partition coefficient (Wildman–Crippen LogP) is 4.42. The number of phenolic OH excluding ortho intramolecular Hbond substituents is 1. The van der Waals surface area contributed by atoms with Gasteiger partial charge in [0.25, 0.3) is 0 Å². The number of hydrogen-bond donors (Lipinski definition) is 2. The molecule has 0 amide bonds. The van der Waals surface area contributed by atoms with Gasteiger partial charge in [0.1, 0.15) is 0 Å². The number of hydrogen-bond acceptors (Lipinski definition) is 6. The molecule has 0 bridgehead atoms. The third-order valence-electron chi connectivity index (χ3n) is 4.88. The van der Waals surface area contributed by atoms with E-state index >= 15 is 0 Å². The van der Waals surface area contributed by atoms with E-state index in [0.717, 1.165) is 42.1 Å². The van der Waals surface area contributed by atoms with Crippen LogP contribution in [0.2, 0.25) is 5.02 Å². The van der Waals surface area contributed by atoms with E-state index in [4.69, 9.17) is 21.3 Å². The standard InChI is InChI=1S/C20H22ClN3O2S/c1-26-17-10-13(9-15(21)19(17)25)11-22-14-5-4-8-24(12-14)20-23-16-6-2-3-7-18(16)27-20/h2-3,6-7,9-10,14,22,25H,4-5,8,11-12H2,1H3/t14-/m0/s1. The van der Waals surface area contributed by atoms with Crippen molar-refractivity contribution in [2.75, 3.05) is 25.1 Å². The van der Waals surface area contributed by atoms with Gasteiger partial charge in [0.15, 0.2) is 16.6 Å². The summed E-state index contributed by atoms with van der Waals surface area (Å²) >= 11 is 7.84. The summed E-state index contributed by atoms with van der Waals surface area (Å²) in [6.45, 7) is 2.65. The Kier molecular flexibility index (Phi) is 5.38. The lowest BCUT2D eigenvalue weighted by Gasteiger charge is -2.33. The zero-order valence-electron chi connectivity index (χ0n) is 15.1. The zero-order chi connectivity index (χ0) is 18.8. The smallest absolute Gasteiger partial charge is 0.186 e. The summed E-state index contributed by atoms with van der Waals surface area (Å²) in [5.74, 6) is 0.390.